The van der Waals surface area contributed by atoms with Gasteiger partial charge in [0.05, 0.1) is 0 Å². The van der Waals surface area contributed by atoms with Crippen molar-refractivity contribution in [1.82, 2.24) is 15.2 Å². The summed E-state index contributed by atoms with van der Waals surface area (Å²) in [4.78, 5) is 15.9. The quantitative estimate of drug-likeness (QED) is 0.588. The minimum Gasteiger partial charge on any atom is -0.423 e. The fourth-order valence-corrected chi connectivity index (χ4v) is 3.31. The molecule has 2 heterocycles. The highest BCUT2D eigenvalue weighted by atomic mass is 32.2. The van der Waals surface area contributed by atoms with Crippen LogP contribution >= 0.6 is 11.8 Å². The van der Waals surface area contributed by atoms with Crippen molar-refractivity contribution in [2.45, 2.75) is 37.6 Å². The second-order valence-corrected chi connectivity index (χ2v) is 6.49. The van der Waals surface area contributed by atoms with E-state index in [1.165, 1.54) is 23.7 Å². The Morgan fingerprint density at radius 2 is 2.14 bits per heavy atom. The molecule has 0 atom stereocenters. The fourth-order valence-electron chi connectivity index (χ4n) is 2.54. The Morgan fingerprint density at radius 3 is 2.82 bits per heavy atom. The van der Waals surface area contributed by atoms with Gasteiger partial charge in [0.15, 0.2) is 5.16 Å². The van der Waals surface area contributed by atoms with Gasteiger partial charge in [-0.3, -0.25) is 5.10 Å². The third-order valence-corrected chi connectivity index (χ3v) is 4.52. The summed E-state index contributed by atoms with van der Waals surface area (Å²) in [5, 5.41) is 8.36. The summed E-state index contributed by atoms with van der Waals surface area (Å²) in [5.74, 6) is 1.06. The van der Waals surface area contributed by atoms with Crippen molar-refractivity contribution < 1.29 is 4.42 Å². The van der Waals surface area contributed by atoms with Gasteiger partial charge in [0, 0.05) is 17.2 Å². The van der Waals surface area contributed by atoms with Gasteiger partial charge < -0.3 is 4.42 Å². The molecule has 3 aromatic rings. The van der Waals surface area contributed by atoms with Crippen LogP contribution < -0.4 is 5.63 Å². The highest BCUT2D eigenvalue weighted by Crippen LogP contribution is 2.29. The van der Waals surface area contributed by atoms with Crippen LogP contribution in [0, 0.1) is 6.92 Å². The Balaban J connectivity index is 2.07. The van der Waals surface area contributed by atoms with Crippen molar-refractivity contribution in [3.8, 4) is 0 Å². The van der Waals surface area contributed by atoms with Crippen LogP contribution in [-0.2, 0) is 5.75 Å². The number of aromatic nitrogens is 3. The molecule has 0 unspecified atom stereocenters. The summed E-state index contributed by atoms with van der Waals surface area (Å²) in [6, 6.07) is 5.65. The largest absolute Gasteiger partial charge is 0.423 e. The maximum Gasteiger partial charge on any atom is 0.336 e. The van der Waals surface area contributed by atoms with Gasteiger partial charge in [0.2, 0.25) is 0 Å². The molecular formula is C16H17N3O2S. The Morgan fingerprint density at radius 1 is 1.32 bits per heavy atom. The molecule has 0 aliphatic rings. The Bertz CT molecular complexity index is 854. The predicted octanol–water partition coefficient (Wildman–Crippen LogP) is 3.64. The van der Waals surface area contributed by atoms with E-state index in [1.807, 2.05) is 13.0 Å². The van der Waals surface area contributed by atoms with Crippen molar-refractivity contribution in [3.63, 3.8) is 0 Å². The third kappa shape index (κ3) is 2.92. The summed E-state index contributed by atoms with van der Waals surface area (Å²) in [5.41, 5.74) is 3.69. The zero-order chi connectivity index (χ0) is 15.7. The monoisotopic (exact) mass is 315 g/mol. The van der Waals surface area contributed by atoms with Crippen LogP contribution in [-0.4, -0.2) is 15.2 Å². The first-order valence-electron chi connectivity index (χ1n) is 7.10. The molecule has 1 N–H and O–H groups in total. The number of rotatable bonds is 4. The van der Waals surface area contributed by atoms with E-state index in [1.54, 1.807) is 6.07 Å². The topological polar surface area (TPSA) is 71.8 Å². The normalized spacial score (nSPS) is 11.5. The SMILES string of the molecule is Cc1cc2oc(=O)cc(CSc3ncn[nH]3)c2cc1C(C)C. The van der Waals surface area contributed by atoms with Crippen molar-refractivity contribution in [1.29, 1.82) is 0 Å². The average Bonchev–Trinajstić information content (AvgIpc) is 2.96. The number of thioether (sulfide) groups is 1. The first kappa shape index (κ1) is 14.8. The summed E-state index contributed by atoms with van der Waals surface area (Å²) in [6.07, 6.45) is 1.47. The third-order valence-electron chi connectivity index (χ3n) is 3.60. The van der Waals surface area contributed by atoms with Gasteiger partial charge in [-0.05, 0) is 41.7 Å². The summed E-state index contributed by atoms with van der Waals surface area (Å²) < 4.78 is 5.35. The van der Waals surface area contributed by atoms with Gasteiger partial charge in [-0.2, -0.15) is 5.10 Å². The molecule has 0 aliphatic heterocycles. The summed E-state index contributed by atoms with van der Waals surface area (Å²) in [7, 11) is 0. The Hall–Kier alpha value is -2.08. The molecule has 1 aromatic carbocycles. The van der Waals surface area contributed by atoms with E-state index in [4.69, 9.17) is 4.42 Å². The van der Waals surface area contributed by atoms with Crippen LogP contribution in [0.3, 0.4) is 0 Å². The summed E-state index contributed by atoms with van der Waals surface area (Å²) >= 11 is 1.51. The maximum atomic E-state index is 11.8. The van der Waals surface area contributed by atoms with Gasteiger partial charge in [-0.15, -0.1) is 0 Å². The van der Waals surface area contributed by atoms with E-state index in [2.05, 4.69) is 35.1 Å². The molecule has 0 spiro atoms. The zero-order valence-electron chi connectivity index (χ0n) is 12.7. The first-order chi connectivity index (χ1) is 10.5. The molecule has 0 saturated carbocycles. The Kier molecular flexibility index (Phi) is 4.02. The van der Waals surface area contributed by atoms with E-state index < -0.39 is 0 Å². The van der Waals surface area contributed by atoms with Gasteiger partial charge in [-0.1, -0.05) is 25.6 Å². The van der Waals surface area contributed by atoms with Crippen LogP contribution in [0.5, 0.6) is 0 Å². The van der Waals surface area contributed by atoms with Gasteiger partial charge >= 0.3 is 5.63 Å². The second-order valence-electron chi connectivity index (χ2n) is 5.53. The van der Waals surface area contributed by atoms with Crippen LogP contribution in [0.2, 0.25) is 0 Å². The van der Waals surface area contributed by atoms with Crippen molar-refractivity contribution >= 4 is 22.7 Å². The number of aromatic amines is 1. The van der Waals surface area contributed by atoms with Gasteiger partial charge in [0.1, 0.15) is 11.9 Å². The minimum atomic E-state index is -0.322. The summed E-state index contributed by atoms with van der Waals surface area (Å²) in [6.45, 7) is 6.37. The highest BCUT2D eigenvalue weighted by Gasteiger charge is 2.12. The number of benzene rings is 1. The minimum absolute atomic E-state index is 0.322. The van der Waals surface area contributed by atoms with Crippen LogP contribution in [0.1, 0.15) is 36.5 Å². The number of hydrogen-bond acceptors (Lipinski definition) is 5. The molecule has 114 valence electrons. The molecule has 6 heteroatoms. The standard InChI is InChI=1S/C16H17N3O2S/c1-9(2)12-6-13-11(7-22-16-17-8-18-19-16)5-15(20)21-14(13)4-10(12)3/h4-6,8-9H,7H2,1-3H3,(H,17,18,19). The van der Waals surface area contributed by atoms with Crippen LogP contribution in [0.15, 0.2) is 38.9 Å². The molecule has 0 radical (unpaired) electrons. The smallest absolute Gasteiger partial charge is 0.336 e. The molecular weight excluding hydrogens is 298 g/mol. The average molecular weight is 315 g/mol. The fraction of sp³-hybridized carbons (Fsp3) is 0.312. The van der Waals surface area contributed by atoms with E-state index >= 15 is 0 Å². The molecule has 3 rings (SSSR count). The molecule has 5 nitrogen and oxygen atoms in total. The molecule has 0 bridgehead atoms. The van der Waals surface area contributed by atoms with Gasteiger partial charge in [-0.25, -0.2) is 9.78 Å². The van der Waals surface area contributed by atoms with E-state index in [9.17, 15) is 4.79 Å². The van der Waals surface area contributed by atoms with Crippen LogP contribution in [0.4, 0.5) is 0 Å². The van der Waals surface area contributed by atoms with E-state index in [0.717, 1.165) is 21.7 Å². The number of nitrogens with one attached hydrogen (secondary N) is 1. The van der Waals surface area contributed by atoms with Gasteiger partial charge in [0.25, 0.3) is 0 Å². The zero-order valence-corrected chi connectivity index (χ0v) is 13.5. The lowest BCUT2D eigenvalue weighted by molar-refractivity contribution is 0.559. The molecule has 22 heavy (non-hydrogen) atoms. The molecule has 0 amide bonds. The lowest BCUT2D eigenvalue weighted by Crippen LogP contribution is -2.02. The number of hydrogen-bond donors (Lipinski definition) is 1. The maximum absolute atomic E-state index is 11.8. The molecule has 0 fully saturated rings. The van der Waals surface area contributed by atoms with Crippen molar-refractivity contribution in [2.75, 3.05) is 0 Å². The van der Waals surface area contributed by atoms with E-state index in [-0.39, 0.29) is 5.63 Å². The molecule has 0 aliphatic carbocycles. The van der Waals surface area contributed by atoms with Crippen molar-refractivity contribution in [3.05, 3.63) is 51.6 Å². The van der Waals surface area contributed by atoms with E-state index in [0.29, 0.717) is 17.3 Å². The first-order valence-corrected chi connectivity index (χ1v) is 8.08. The number of nitrogens with zero attached hydrogens (tertiary/aromatic N) is 2. The lowest BCUT2D eigenvalue weighted by atomic mass is 9.95. The second kappa shape index (κ2) is 5.96. The highest BCUT2D eigenvalue weighted by molar-refractivity contribution is 7.98. The predicted molar refractivity (Wildman–Crippen MR) is 87.3 cm³/mol. The number of fused-ring (bicyclic) bond motifs is 1. The van der Waals surface area contributed by atoms with Crippen molar-refractivity contribution in [2.24, 2.45) is 0 Å². The Labute approximate surface area is 132 Å². The lowest BCUT2D eigenvalue weighted by Gasteiger charge is -2.12. The number of H-pyrrole nitrogens is 1. The molecule has 0 saturated heterocycles. The molecule has 2 aromatic heterocycles. The van der Waals surface area contributed by atoms with Crippen LogP contribution in [0.25, 0.3) is 11.0 Å². The number of aryl methyl sites for hydroxylation is 1.